The second-order valence-corrected chi connectivity index (χ2v) is 3.89. The van der Waals surface area contributed by atoms with Crippen LogP contribution in [0.3, 0.4) is 0 Å². The molecule has 0 aliphatic carbocycles. The first-order valence-electron chi connectivity index (χ1n) is 5.75. The summed E-state index contributed by atoms with van der Waals surface area (Å²) in [6.45, 7) is 3.66. The molecular weight excluding hydrogens is 317 g/mol. The molecule has 0 saturated heterocycles. The van der Waals surface area contributed by atoms with Crippen molar-refractivity contribution in [3.8, 4) is 0 Å². The molecule has 0 spiro atoms. The van der Waals surface area contributed by atoms with Gasteiger partial charge in [-0.15, -0.1) is 12.1 Å². The van der Waals surface area contributed by atoms with E-state index >= 15 is 0 Å². The van der Waals surface area contributed by atoms with E-state index in [1.165, 1.54) is 17.7 Å². The summed E-state index contributed by atoms with van der Waals surface area (Å²) in [5.74, 6) is -0.217. The molecule has 0 aliphatic heterocycles. The number of halogens is 2. The van der Waals surface area contributed by atoms with Crippen molar-refractivity contribution in [3.63, 3.8) is 0 Å². The maximum Gasteiger partial charge on any atom is 2.00 e. The van der Waals surface area contributed by atoms with E-state index in [-0.39, 0.29) is 45.9 Å². The molecule has 0 bridgehead atoms. The van der Waals surface area contributed by atoms with Gasteiger partial charge in [-0.3, -0.25) is 0 Å². The molecule has 2 rings (SSSR count). The van der Waals surface area contributed by atoms with E-state index in [4.69, 9.17) is 0 Å². The van der Waals surface area contributed by atoms with Crippen molar-refractivity contribution in [2.24, 2.45) is 0 Å². The van der Waals surface area contributed by atoms with Crippen molar-refractivity contribution in [1.82, 2.24) is 0 Å². The van der Waals surface area contributed by atoms with Gasteiger partial charge in [0.25, 0.3) is 0 Å². The molecule has 96 valence electrons. The molecule has 2 aromatic carbocycles. The van der Waals surface area contributed by atoms with Crippen LogP contribution in [0.15, 0.2) is 48.5 Å². The van der Waals surface area contributed by atoms with Gasteiger partial charge in [0.2, 0.25) is 0 Å². The fraction of sp³-hybridized carbons (Fsp3) is 0.200. The van der Waals surface area contributed by atoms with Gasteiger partial charge in [0.05, 0.1) is 0 Å². The smallest absolute Gasteiger partial charge is 1.00 e. The number of benzene rings is 2. The Hall–Kier alpha value is -0.584. The number of rotatable bonds is 4. The fourth-order valence-electron chi connectivity index (χ4n) is 1.78. The first-order valence-corrected chi connectivity index (χ1v) is 5.75. The van der Waals surface area contributed by atoms with Gasteiger partial charge in [-0.1, -0.05) is 36.0 Å². The van der Waals surface area contributed by atoms with Crippen LogP contribution in [-0.4, -0.2) is 29.6 Å². The Morgan fingerprint density at radius 1 is 1.16 bits per heavy atom. The van der Waals surface area contributed by atoms with Gasteiger partial charge in [0.1, 0.15) is 0 Å². The minimum atomic E-state index is -0.217. The minimum absolute atomic E-state index is 0. The quantitative estimate of drug-likeness (QED) is 0.574. The molecule has 0 radical (unpaired) electrons. The predicted molar refractivity (Wildman–Crippen MR) is 74.2 cm³/mol. The van der Waals surface area contributed by atoms with Crippen LogP contribution in [0, 0.1) is 11.9 Å². The van der Waals surface area contributed by atoms with Crippen LogP contribution in [0.2, 0.25) is 0 Å². The van der Waals surface area contributed by atoms with Gasteiger partial charge in [-0.05, 0) is 12.5 Å². The Bertz CT molecular complexity index is 479. The predicted octanol–water partition coefficient (Wildman–Crippen LogP) is 0.276. The van der Waals surface area contributed by atoms with Crippen LogP contribution in [0.4, 0.5) is 10.1 Å². The Morgan fingerprint density at radius 2 is 1.84 bits per heavy atom. The summed E-state index contributed by atoms with van der Waals surface area (Å²) in [4.78, 5) is 2.10. The molecule has 19 heavy (non-hydrogen) atoms. The summed E-state index contributed by atoms with van der Waals surface area (Å²) in [5.41, 5.74) is 2.02. The largest absolute Gasteiger partial charge is 2.00 e. The van der Waals surface area contributed by atoms with Gasteiger partial charge in [-0.2, -0.15) is 12.1 Å². The summed E-state index contributed by atoms with van der Waals surface area (Å²) in [6.07, 6.45) is 0. The normalized spacial score (nSPS) is 9.16. The van der Waals surface area contributed by atoms with Crippen LogP contribution in [0.25, 0.3) is 0 Å². The Balaban J connectivity index is 0.00000162. The van der Waals surface area contributed by atoms with E-state index in [0.29, 0.717) is 0 Å². The van der Waals surface area contributed by atoms with E-state index < -0.39 is 0 Å². The monoisotopic (exact) mass is 331 g/mol. The second-order valence-electron chi connectivity index (χ2n) is 3.89. The van der Waals surface area contributed by atoms with E-state index in [0.717, 1.165) is 18.8 Å². The van der Waals surface area contributed by atoms with Crippen LogP contribution < -0.4 is 21.9 Å². The average Bonchev–Trinajstić information content (AvgIpc) is 2.37. The van der Waals surface area contributed by atoms with E-state index in [9.17, 15) is 4.39 Å². The molecule has 0 aliphatic rings. The number of nitrogens with zero attached hydrogens (tertiary/aromatic N) is 1. The van der Waals surface area contributed by atoms with Crippen molar-refractivity contribution < 1.29 is 21.4 Å². The van der Waals surface area contributed by atoms with Crippen molar-refractivity contribution >= 4 is 28.7 Å². The number of anilines is 1. The Morgan fingerprint density at radius 3 is 2.42 bits per heavy atom. The van der Waals surface area contributed by atoms with Gasteiger partial charge in [0, 0.05) is 18.9 Å². The molecule has 0 N–H and O–H groups in total. The maximum atomic E-state index is 13.2. The SMILES string of the molecule is CCN(Cc1ccccc1)c1[c-]ccc(F)c1.[Br-].[Mg+2]. The zero-order chi connectivity index (χ0) is 12.1. The number of hydrogen-bond donors (Lipinski definition) is 0. The molecule has 0 saturated carbocycles. The van der Waals surface area contributed by atoms with E-state index in [1.807, 2.05) is 18.2 Å². The van der Waals surface area contributed by atoms with Crippen molar-refractivity contribution in [2.45, 2.75) is 13.5 Å². The van der Waals surface area contributed by atoms with Crippen LogP contribution in [-0.2, 0) is 6.54 Å². The van der Waals surface area contributed by atoms with Gasteiger partial charge in [-0.25, -0.2) is 4.39 Å². The summed E-state index contributed by atoms with van der Waals surface area (Å²) in [6, 6.07) is 17.8. The van der Waals surface area contributed by atoms with Gasteiger partial charge >= 0.3 is 23.1 Å². The summed E-state index contributed by atoms with van der Waals surface area (Å²) >= 11 is 0. The van der Waals surface area contributed by atoms with E-state index in [2.05, 4.69) is 30.0 Å². The molecule has 2 aromatic rings. The molecule has 4 heteroatoms. The molecule has 0 fully saturated rings. The third kappa shape index (κ3) is 5.51. The van der Waals surface area contributed by atoms with Crippen LogP contribution >= 0.6 is 0 Å². The fourth-order valence-corrected chi connectivity index (χ4v) is 1.78. The second kappa shape index (κ2) is 9.34. The zero-order valence-corrected chi connectivity index (χ0v) is 13.9. The summed E-state index contributed by atoms with van der Waals surface area (Å²) < 4.78 is 13.2. The third-order valence-corrected chi connectivity index (χ3v) is 2.69. The standard InChI is InChI=1S/C15H15FN.BrH.Mg/c1-2-17(12-13-7-4-3-5-8-13)15-10-6-9-14(16)11-15;;/h3-9,11H,2,12H2,1H3;1H;/q-1;;+2/p-1. The first kappa shape index (κ1) is 18.4. The van der Waals surface area contributed by atoms with E-state index in [1.54, 1.807) is 6.07 Å². The van der Waals surface area contributed by atoms with Crippen molar-refractivity contribution in [1.29, 1.82) is 0 Å². The molecule has 0 aromatic heterocycles. The minimum Gasteiger partial charge on any atom is -1.00 e. The summed E-state index contributed by atoms with van der Waals surface area (Å²) in [5, 5.41) is 0. The zero-order valence-electron chi connectivity index (χ0n) is 10.9. The maximum absolute atomic E-state index is 13.2. The van der Waals surface area contributed by atoms with Crippen LogP contribution in [0.5, 0.6) is 0 Å². The van der Waals surface area contributed by atoms with Crippen molar-refractivity contribution in [3.05, 3.63) is 66.0 Å². The first-order chi connectivity index (χ1) is 8.29. The van der Waals surface area contributed by atoms with Crippen LogP contribution in [0.1, 0.15) is 12.5 Å². The Kier molecular flexibility index (Phi) is 9.05. The molecule has 0 atom stereocenters. The molecule has 1 nitrogen and oxygen atoms in total. The molecule has 0 heterocycles. The Labute approximate surface area is 140 Å². The number of hydrogen-bond acceptors (Lipinski definition) is 1. The molecule has 0 amide bonds. The summed E-state index contributed by atoms with van der Waals surface area (Å²) in [7, 11) is 0. The molecule has 0 unspecified atom stereocenters. The average molecular weight is 332 g/mol. The topological polar surface area (TPSA) is 3.24 Å². The third-order valence-electron chi connectivity index (χ3n) is 2.69. The van der Waals surface area contributed by atoms with Gasteiger partial charge in [0.15, 0.2) is 0 Å². The van der Waals surface area contributed by atoms with Gasteiger partial charge < -0.3 is 21.9 Å². The van der Waals surface area contributed by atoms with Crippen molar-refractivity contribution in [2.75, 3.05) is 11.4 Å². The molecular formula is C15H15BrFMgN.